The maximum atomic E-state index is 12.5. The molecule has 1 N–H and O–H groups in total. The van der Waals surface area contributed by atoms with E-state index in [0.717, 1.165) is 24.8 Å². The van der Waals surface area contributed by atoms with Crippen molar-refractivity contribution in [3.05, 3.63) is 71.8 Å². The molecular weight excluding hydrogens is 258 g/mol. The third-order valence-corrected chi connectivity index (χ3v) is 4.36. The van der Waals surface area contributed by atoms with Crippen molar-refractivity contribution in [1.82, 2.24) is 5.32 Å². The van der Waals surface area contributed by atoms with Gasteiger partial charge >= 0.3 is 0 Å². The fourth-order valence-corrected chi connectivity index (χ4v) is 3.29. The number of nitrogens with one attached hydrogen (secondary N) is 1. The summed E-state index contributed by atoms with van der Waals surface area (Å²) in [5, 5.41) is 3.32. The Morgan fingerprint density at radius 3 is 2.10 bits per heavy atom. The number of amides is 1. The van der Waals surface area contributed by atoms with E-state index < -0.39 is 0 Å². The summed E-state index contributed by atoms with van der Waals surface area (Å²) in [6.45, 7) is 0. The Kier molecular flexibility index (Phi) is 4.05. The fraction of sp³-hybridized carbons (Fsp3) is 0.316. The molecule has 0 heterocycles. The maximum Gasteiger partial charge on any atom is 0.251 e. The van der Waals surface area contributed by atoms with Crippen LogP contribution in [-0.4, -0.2) is 11.4 Å². The van der Waals surface area contributed by atoms with E-state index in [1.807, 2.05) is 36.4 Å². The lowest BCUT2D eigenvalue weighted by Gasteiger charge is -2.30. The smallest absolute Gasteiger partial charge is 0.251 e. The lowest BCUT2D eigenvalue weighted by Crippen LogP contribution is -2.48. The summed E-state index contributed by atoms with van der Waals surface area (Å²) in [6.07, 6.45) is 5.46. The molecule has 0 aromatic heterocycles. The summed E-state index contributed by atoms with van der Waals surface area (Å²) >= 11 is 0. The molecule has 2 nitrogen and oxygen atoms in total. The normalized spacial score (nSPS) is 16.6. The highest BCUT2D eigenvalue weighted by molar-refractivity contribution is 5.94. The van der Waals surface area contributed by atoms with Gasteiger partial charge in [0.05, 0.1) is 0 Å². The summed E-state index contributed by atoms with van der Waals surface area (Å²) in [4.78, 5) is 12.5. The lowest BCUT2D eigenvalue weighted by atomic mass is 9.88. The molecule has 2 aromatic carbocycles. The topological polar surface area (TPSA) is 29.1 Å². The van der Waals surface area contributed by atoms with E-state index in [0.29, 0.717) is 0 Å². The van der Waals surface area contributed by atoms with Crippen LogP contribution in [-0.2, 0) is 6.42 Å². The number of carbonyl (C=O) groups is 1. The van der Waals surface area contributed by atoms with Gasteiger partial charge in [0.25, 0.3) is 5.91 Å². The summed E-state index contributed by atoms with van der Waals surface area (Å²) in [7, 11) is 0. The first-order chi connectivity index (χ1) is 10.3. The van der Waals surface area contributed by atoms with E-state index >= 15 is 0 Å². The minimum atomic E-state index is -0.0751. The average molecular weight is 279 g/mol. The van der Waals surface area contributed by atoms with Gasteiger partial charge < -0.3 is 5.32 Å². The van der Waals surface area contributed by atoms with Gasteiger partial charge in [0, 0.05) is 11.1 Å². The number of carbonyl (C=O) groups excluding carboxylic acids is 1. The summed E-state index contributed by atoms with van der Waals surface area (Å²) in [5.74, 6) is 0.0495. The summed E-state index contributed by atoms with van der Waals surface area (Å²) in [5.41, 5.74) is 1.97. The Balaban J connectivity index is 1.77. The summed E-state index contributed by atoms with van der Waals surface area (Å²) in [6, 6.07) is 20.0. The molecule has 1 saturated carbocycles. The third kappa shape index (κ3) is 3.33. The Morgan fingerprint density at radius 1 is 0.905 bits per heavy atom. The van der Waals surface area contributed by atoms with Gasteiger partial charge in [-0.3, -0.25) is 4.79 Å². The standard InChI is InChI=1S/C19H21NO/c21-18(17-11-5-2-6-12-17)20-19(13-7-8-14-19)15-16-9-3-1-4-10-16/h1-6,9-12H,7-8,13-15H2,(H,20,21). The van der Waals surface area contributed by atoms with Gasteiger partial charge in [-0.05, 0) is 37.0 Å². The number of hydrogen-bond acceptors (Lipinski definition) is 1. The van der Waals surface area contributed by atoms with Gasteiger partial charge in [0.1, 0.15) is 0 Å². The highest BCUT2D eigenvalue weighted by atomic mass is 16.1. The minimum Gasteiger partial charge on any atom is -0.346 e. The Labute approximate surface area is 126 Å². The Morgan fingerprint density at radius 2 is 1.48 bits per heavy atom. The van der Waals surface area contributed by atoms with Crippen LogP contribution < -0.4 is 5.32 Å². The van der Waals surface area contributed by atoms with E-state index in [-0.39, 0.29) is 11.4 Å². The van der Waals surface area contributed by atoms with E-state index in [1.165, 1.54) is 18.4 Å². The van der Waals surface area contributed by atoms with Gasteiger partial charge in [-0.2, -0.15) is 0 Å². The molecule has 0 spiro atoms. The SMILES string of the molecule is O=C(NC1(Cc2ccccc2)CCCC1)c1ccccc1. The number of hydrogen-bond donors (Lipinski definition) is 1. The molecule has 2 heteroatoms. The highest BCUT2D eigenvalue weighted by Gasteiger charge is 2.35. The zero-order valence-electron chi connectivity index (χ0n) is 12.2. The lowest BCUT2D eigenvalue weighted by molar-refractivity contribution is 0.0899. The second-order valence-corrected chi connectivity index (χ2v) is 5.97. The van der Waals surface area contributed by atoms with Crippen molar-refractivity contribution in [2.75, 3.05) is 0 Å². The van der Waals surface area contributed by atoms with Crippen molar-refractivity contribution in [2.45, 2.75) is 37.6 Å². The molecule has 0 aliphatic heterocycles. The predicted molar refractivity (Wildman–Crippen MR) is 85.3 cm³/mol. The predicted octanol–water partition coefficient (Wildman–Crippen LogP) is 3.97. The fourth-order valence-electron chi connectivity index (χ4n) is 3.29. The van der Waals surface area contributed by atoms with Gasteiger partial charge in [0.15, 0.2) is 0 Å². The van der Waals surface area contributed by atoms with Gasteiger partial charge in [0.2, 0.25) is 0 Å². The second kappa shape index (κ2) is 6.13. The minimum absolute atomic E-state index is 0.0495. The van der Waals surface area contributed by atoms with E-state index in [9.17, 15) is 4.79 Å². The number of rotatable bonds is 4. The van der Waals surface area contributed by atoms with Crippen molar-refractivity contribution >= 4 is 5.91 Å². The molecule has 21 heavy (non-hydrogen) atoms. The largest absolute Gasteiger partial charge is 0.346 e. The molecule has 108 valence electrons. The van der Waals surface area contributed by atoms with Crippen molar-refractivity contribution in [3.63, 3.8) is 0 Å². The first-order valence-electron chi connectivity index (χ1n) is 7.69. The molecule has 1 amide bonds. The van der Waals surface area contributed by atoms with Crippen molar-refractivity contribution in [1.29, 1.82) is 0 Å². The third-order valence-electron chi connectivity index (χ3n) is 4.36. The molecule has 0 unspecified atom stereocenters. The molecule has 1 fully saturated rings. The van der Waals surface area contributed by atoms with Crippen LogP contribution >= 0.6 is 0 Å². The molecule has 1 aliphatic rings. The molecule has 0 atom stereocenters. The van der Waals surface area contributed by atoms with Crippen molar-refractivity contribution in [3.8, 4) is 0 Å². The molecule has 0 radical (unpaired) electrons. The van der Waals surface area contributed by atoms with E-state index in [4.69, 9.17) is 0 Å². The van der Waals surface area contributed by atoms with Gasteiger partial charge in [-0.25, -0.2) is 0 Å². The van der Waals surface area contributed by atoms with Crippen molar-refractivity contribution in [2.24, 2.45) is 0 Å². The van der Waals surface area contributed by atoms with Crippen LogP contribution in [0, 0.1) is 0 Å². The van der Waals surface area contributed by atoms with Crippen LogP contribution in [0.1, 0.15) is 41.6 Å². The molecule has 3 rings (SSSR count). The van der Waals surface area contributed by atoms with E-state index in [2.05, 4.69) is 29.6 Å². The number of benzene rings is 2. The first kappa shape index (κ1) is 13.9. The first-order valence-corrected chi connectivity index (χ1v) is 7.69. The Hall–Kier alpha value is -2.09. The van der Waals surface area contributed by atoms with Crippen LogP contribution in [0.15, 0.2) is 60.7 Å². The molecular formula is C19H21NO. The van der Waals surface area contributed by atoms with Crippen molar-refractivity contribution < 1.29 is 4.79 Å². The van der Waals surface area contributed by atoms with Crippen LogP contribution in [0.3, 0.4) is 0 Å². The molecule has 2 aromatic rings. The monoisotopic (exact) mass is 279 g/mol. The zero-order valence-corrected chi connectivity index (χ0v) is 12.2. The van der Waals surface area contributed by atoms with Crippen LogP contribution in [0.2, 0.25) is 0 Å². The molecule has 1 aliphatic carbocycles. The highest BCUT2D eigenvalue weighted by Crippen LogP contribution is 2.33. The average Bonchev–Trinajstić information content (AvgIpc) is 2.97. The zero-order chi connectivity index (χ0) is 14.5. The van der Waals surface area contributed by atoms with Gasteiger partial charge in [-0.15, -0.1) is 0 Å². The van der Waals surface area contributed by atoms with Gasteiger partial charge in [-0.1, -0.05) is 61.4 Å². The molecule has 0 saturated heterocycles. The summed E-state index contributed by atoms with van der Waals surface area (Å²) < 4.78 is 0. The Bertz CT molecular complexity index is 585. The maximum absolute atomic E-state index is 12.5. The van der Waals surface area contributed by atoms with Crippen LogP contribution in [0.5, 0.6) is 0 Å². The molecule has 0 bridgehead atoms. The quantitative estimate of drug-likeness (QED) is 0.901. The second-order valence-electron chi connectivity index (χ2n) is 5.97. The van der Waals surface area contributed by atoms with E-state index in [1.54, 1.807) is 0 Å². The van der Waals surface area contributed by atoms with Crippen LogP contribution in [0.4, 0.5) is 0 Å². The van der Waals surface area contributed by atoms with Crippen LogP contribution in [0.25, 0.3) is 0 Å².